The molecule has 5 rings (SSSR count). The van der Waals surface area contributed by atoms with Gasteiger partial charge in [-0.05, 0) is 82.8 Å². The van der Waals surface area contributed by atoms with Gasteiger partial charge in [0.25, 0.3) is 0 Å². The molecule has 0 aromatic carbocycles. The third kappa shape index (κ3) is 5.38. The maximum atomic E-state index is 13.0. The number of esters is 1. The van der Waals surface area contributed by atoms with E-state index in [9.17, 15) is 9.59 Å². The Hall–Kier alpha value is -2.17. The van der Waals surface area contributed by atoms with Crippen LogP contribution in [0.2, 0.25) is 0 Å². The van der Waals surface area contributed by atoms with Gasteiger partial charge in [-0.25, -0.2) is 4.79 Å². The average molecular weight is 559 g/mol. The predicted molar refractivity (Wildman–Crippen MR) is 151 cm³/mol. The molecule has 0 bridgehead atoms. The fourth-order valence-corrected chi connectivity index (χ4v) is 8.66. The number of amides is 1. The summed E-state index contributed by atoms with van der Waals surface area (Å²) in [6, 6.07) is 0.160. The van der Waals surface area contributed by atoms with Gasteiger partial charge in [-0.1, -0.05) is 18.7 Å². The Kier molecular flexibility index (Phi) is 8.07. The molecule has 2 aliphatic rings. The topological polar surface area (TPSA) is 86.1 Å². The molecule has 3 aromatic heterocycles. The standard InChI is InChI=1S/C27H34N4O3S3/c1-5-34-26(33)23-18-8-6-7-9-20(18)37-25(23)28-22(32)14-36-27-30-29-24(31(27)15(2)3)19-13-35-21-12-16(4)10-11-17(19)21/h13,15-16H,5-12,14H2,1-4H3,(H,28,32). The van der Waals surface area contributed by atoms with Crippen LogP contribution in [0.25, 0.3) is 11.4 Å². The van der Waals surface area contributed by atoms with Crippen molar-refractivity contribution in [3.8, 4) is 11.4 Å². The van der Waals surface area contributed by atoms with Crippen molar-refractivity contribution < 1.29 is 14.3 Å². The van der Waals surface area contributed by atoms with Gasteiger partial charge >= 0.3 is 5.97 Å². The zero-order valence-corrected chi connectivity index (χ0v) is 24.3. The SMILES string of the molecule is CCOC(=O)c1c(NC(=O)CSc2nnc(-c3csc4c3CCC(C)C4)n2C(C)C)sc2c1CCCC2. The van der Waals surface area contributed by atoms with Gasteiger partial charge < -0.3 is 10.1 Å². The molecule has 0 fully saturated rings. The first kappa shape index (κ1) is 26.4. The molecule has 0 radical (unpaired) electrons. The number of hydrogen-bond donors (Lipinski definition) is 1. The fraction of sp³-hybridized carbons (Fsp3) is 0.556. The highest BCUT2D eigenvalue weighted by molar-refractivity contribution is 7.99. The van der Waals surface area contributed by atoms with Crippen molar-refractivity contribution >= 4 is 51.3 Å². The van der Waals surface area contributed by atoms with E-state index in [2.05, 4.69) is 46.2 Å². The molecule has 7 nitrogen and oxygen atoms in total. The number of aryl methyl sites for hydroxylation is 1. The molecule has 1 N–H and O–H groups in total. The molecule has 1 amide bonds. The van der Waals surface area contributed by atoms with Crippen LogP contribution in [-0.2, 0) is 35.2 Å². The van der Waals surface area contributed by atoms with Crippen LogP contribution in [0.1, 0.15) is 84.2 Å². The first-order valence-corrected chi connectivity index (χ1v) is 15.8. The van der Waals surface area contributed by atoms with Crippen LogP contribution in [0.4, 0.5) is 5.00 Å². The van der Waals surface area contributed by atoms with Crippen LogP contribution in [0, 0.1) is 5.92 Å². The summed E-state index contributed by atoms with van der Waals surface area (Å²) in [4.78, 5) is 28.4. The van der Waals surface area contributed by atoms with E-state index in [4.69, 9.17) is 4.74 Å². The Balaban J connectivity index is 1.33. The zero-order valence-electron chi connectivity index (χ0n) is 21.9. The predicted octanol–water partition coefficient (Wildman–Crippen LogP) is 6.56. The van der Waals surface area contributed by atoms with Crippen molar-refractivity contribution in [2.75, 3.05) is 17.7 Å². The highest BCUT2D eigenvalue weighted by atomic mass is 32.2. The molecule has 1 atom stereocenters. The van der Waals surface area contributed by atoms with Crippen LogP contribution in [0.5, 0.6) is 0 Å². The van der Waals surface area contributed by atoms with E-state index in [1.807, 2.05) is 11.3 Å². The molecule has 0 saturated heterocycles. The van der Waals surface area contributed by atoms with Crippen LogP contribution < -0.4 is 5.32 Å². The van der Waals surface area contributed by atoms with Gasteiger partial charge in [-0.3, -0.25) is 9.36 Å². The van der Waals surface area contributed by atoms with Crippen molar-refractivity contribution in [2.24, 2.45) is 5.92 Å². The third-order valence-electron chi connectivity index (χ3n) is 7.06. The first-order chi connectivity index (χ1) is 17.9. The van der Waals surface area contributed by atoms with Crippen molar-refractivity contribution in [3.05, 3.63) is 31.8 Å². The third-order valence-corrected chi connectivity index (χ3v) is 10.3. The number of ether oxygens (including phenoxy) is 1. The normalized spacial score (nSPS) is 16.9. The van der Waals surface area contributed by atoms with Crippen molar-refractivity contribution in [2.45, 2.75) is 83.8 Å². The summed E-state index contributed by atoms with van der Waals surface area (Å²) in [5, 5.41) is 15.6. The number of carbonyl (C=O) groups is 2. The lowest BCUT2D eigenvalue weighted by atomic mass is 9.88. The minimum atomic E-state index is -0.345. The maximum absolute atomic E-state index is 13.0. The highest BCUT2D eigenvalue weighted by Crippen LogP contribution is 2.40. The van der Waals surface area contributed by atoms with E-state index in [1.54, 1.807) is 6.92 Å². The summed E-state index contributed by atoms with van der Waals surface area (Å²) in [6.07, 6.45) is 7.39. The number of carbonyl (C=O) groups excluding carboxylic acids is 2. The van der Waals surface area contributed by atoms with Gasteiger partial charge in [0.1, 0.15) is 5.00 Å². The molecule has 0 saturated carbocycles. The Bertz CT molecular complexity index is 1310. The van der Waals surface area contributed by atoms with Crippen molar-refractivity contribution in [3.63, 3.8) is 0 Å². The lowest BCUT2D eigenvalue weighted by molar-refractivity contribution is -0.113. The molecule has 1 unspecified atom stereocenters. The average Bonchev–Trinajstić information content (AvgIpc) is 3.56. The smallest absolute Gasteiger partial charge is 0.341 e. The lowest BCUT2D eigenvalue weighted by Crippen LogP contribution is -2.17. The maximum Gasteiger partial charge on any atom is 0.341 e. The Morgan fingerprint density at radius 1 is 1.19 bits per heavy atom. The van der Waals surface area contributed by atoms with Crippen LogP contribution >= 0.6 is 34.4 Å². The molecule has 0 spiro atoms. The molecule has 198 valence electrons. The zero-order chi connectivity index (χ0) is 26.1. The summed E-state index contributed by atoms with van der Waals surface area (Å²) in [7, 11) is 0. The minimum absolute atomic E-state index is 0.157. The summed E-state index contributed by atoms with van der Waals surface area (Å²) in [6.45, 7) is 8.68. The molecule has 0 aliphatic heterocycles. The molecule has 3 aromatic rings. The monoisotopic (exact) mass is 558 g/mol. The van der Waals surface area contributed by atoms with E-state index in [0.717, 1.165) is 61.0 Å². The van der Waals surface area contributed by atoms with Crippen molar-refractivity contribution in [1.82, 2.24) is 14.8 Å². The Morgan fingerprint density at radius 2 is 2.00 bits per heavy atom. The van der Waals surface area contributed by atoms with E-state index >= 15 is 0 Å². The van der Waals surface area contributed by atoms with E-state index < -0.39 is 0 Å². The van der Waals surface area contributed by atoms with E-state index in [0.29, 0.717) is 17.2 Å². The number of anilines is 1. The van der Waals surface area contributed by atoms with E-state index in [1.165, 1.54) is 50.4 Å². The summed E-state index contributed by atoms with van der Waals surface area (Å²) >= 11 is 4.73. The minimum Gasteiger partial charge on any atom is -0.462 e. The first-order valence-electron chi connectivity index (χ1n) is 13.2. The molecule has 2 aliphatic carbocycles. The van der Waals surface area contributed by atoms with Gasteiger partial charge in [0.05, 0.1) is 17.9 Å². The Morgan fingerprint density at radius 3 is 2.78 bits per heavy atom. The van der Waals surface area contributed by atoms with E-state index in [-0.39, 0.29) is 23.7 Å². The summed E-state index contributed by atoms with van der Waals surface area (Å²) in [5.74, 6) is 1.30. The van der Waals surface area contributed by atoms with Gasteiger partial charge in [0.2, 0.25) is 5.91 Å². The highest BCUT2D eigenvalue weighted by Gasteiger charge is 2.28. The second kappa shape index (κ2) is 11.3. The number of thiophene rings is 2. The molecular formula is C27H34N4O3S3. The molecule has 3 heterocycles. The van der Waals surface area contributed by atoms with Crippen LogP contribution in [0.15, 0.2) is 10.5 Å². The van der Waals surface area contributed by atoms with Crippen molar-refractivity contribution in [1.29, 1.82) is 0 Å². The molecular weight excluding hydrogens is 525 g/mol. The number of hydrogen-bond acceptors (Lipinski definition) is 8. The van der Waals surface area contributed by atoms with Gasteiger partial charge in [0, 0.05) is 26.7 Å². The van der Waals surface area contributed by atoms with Crippen LogP contribution in [-0.4, -0.2) is 39.0 Å². The number of rotatable bonds is 8. The Labute approximate surface area is 230 Å². The van der Waals surface area contributed by atoms with Crippen LogP contribution in [0.3, 0.4) is 0 Å². The lowest BCUT2D eigenvalue weighted by Gasteiger charge is -2.19. The second-order valence-electron chi connectivity index (χ2n) is 10.1. The second-order valence-corrected chi connectivity index (χ2v) is 13.2. The quantitative estimate of drug-likeness (QED) is 0.249. The number of thioether (sulfide) groups is 1. The number of nitrogens with one attached hydrogen (secondary N) is 1. The van der Waals surface area contributed by atoms with Gasteiger partial charge in [0.15, 0.2) is 11.0 Å². The number of fused-ring (bicyclic) bond motifs is 2. The number of nitrogens with zero attached hydrogens (tertiary/aromatic N) is 3. The molecule has 37 heavy (non-hydrogen) atoms. The summed E-state index contributed by atoms with van der Waals surface area (Å²) in [5.41, 5.74) is 4.20. The largest absolute Gasteiger partial charge is 0.462 e. The molecule has 10 heteroatoms. The fourth-order valence-electron chi connectivity index (χ4n) is 5.26. The van der Waals surface area contributed by atoms with Gasteiger partial charge in [-0.2, -0.15) is 0 Å². The van der Waals surface area contributed by atoms with Gasteiger partial charge in [-0.15, -0.1) is 32.9 Å². The number of aromatic nitrogens is 3. The summed E-state index contributed by atoms with van der Waals surface area (Å²) < 4.78 is 7.46.